The van der Waals surface area contributed by atoms with Crippen LogP contribution in [0.2, 0.25) is 0 Å². The zero-order valence-corrected chi connectivity index (χ0v) is 11.8. The third-order valence-electron chi connectivity index (χ3n) is 4.42. The summed E-state index contributed by atoms with van der Waals surface area (Å²) in [6.45, 7) is 0.850. The topological polar surface area (TPSA) is 47.6 Å². The number of rotatable bonds is 5. The van der Waals surface area contributed by atoms with Crippen LogP contribution in [0.4, 0.5) is 0 Å². The second-order valence-corrected chi connectivity index (χ2v) is 5.58. The Morgan fingerprint density at radius 3 is 3.10 bits per heavy atom. The van der Waals surface area contributed by atoms with E-state index in [-0.39, 0.29) is 5.91 Å². The average Bonchev–Trinajstić information content (AvgIpc) is 2.84. The number of hydrogen-bond donors (Lipinski definition) is 1. The molecule has 1 aliphatic carbocycles. The molecule has 108 valence electrons. The number of carbonyl (C=O) groups excluding carboxylic acids is 1. The van der Waals surface area contributed by atoms with Crippen molar-refractivity contribution < 1.29 is 14.3 Å². The maximum Gasteiger partial charge on any atom is 0.220 e. The first-order chi connectivity index (χ1) is 9.78. The maximum atomic E-state index is 12.0. The lowest BCUT2D eigenvalue weighted by molar-refractivity contribution is -0.124. The number of methoxy groups -OCH3 is 1. The molecule has 1 aromatic rings. The van der Waals surface area contributed by atoms with Gasteiger partial charge in [0, 0.05) is 25.0 Å². The highest BCUT2D eigenvalue weighted by Gasteiger charge is 2.45. The normalized spacial score (nSPS) is 27.6. The Kier molecular flexibility index (Phi) is 3.92. The predicted molar refractivity (Wildman–Crippen MR) is 75.7 cm³/mol. The van der Waals surface area contributed by atoms with E-state index in [4.69, 9.17) is 9.47 Å². The van der Waals surface area contributed by atoms with Gasteiger partial charge in [0.25, 0.3) is 0 Å². The number of ether oxygens (including phenoxy) is 2. The van der Waals surface area contributed by atoms with Crippen molar-refractivity contribution in [3.8, 4) is 5.75 Å². The monoisotopic (exact) mass is 275 g/mol. The fourth-order valence-corrected chi connectivity index (χ4v) is 3.20. The lowest BCUT2D eigenvalue weighted by atomic mass is 9.76. The zero-order chi connectivity index (χ0) is 13.9. The van der Waals surface area contributed by atoms with Crippen molar-refractivity contribution in [3.05, 3.63) is 29.8 Å². The number of aryl methyl sites for hydroxylation is 1. The summed E-state index contributed by atoms with van der Waals surface area (Å²) < 4.78 is 10.9. The number of benzene rings is 1. The first-order valence-electron chi connectivity index (χ1n) is 7.31. The first-order valence-corrected chi connectivity index (χ1v) is 7.31. The molecule has 2 aliphatic rings. The van der Waals surface area contributed by atoms with E-state index in [0.29, 0.717) is 30.9 Å². The van der Waals surface area contributed by atoms with Crippen LogP contribution >= 0.6 is 0 Å². The maximum absolute atomic E-state index is 12.0. The Morgan fingerprint density at radius 2 is 2.30 bits per heavy atom. The first kappa shape index (κ1) is 13.4. The summed E-state index contributed by atoms with van der Waals surface area (Å²) in [4.78, 5) is 12.0. The molecule has 1 aliphatic heterocycles. The van der Waals surface area contributed by atoms with E-state index < -0.39 is 0 Å². The highest BCUT2D eigenvalue weighted by molar-refractivity contribution is 5.76. The fourth-order valence-electron chi connectivity index (χ4n) is 3.20. The number of nitrogens with one attached hydrogen (secondary N) is 1. The fraction of sp³-hybridized carbons (Fsp3) is 0.562. The van der Waals surface area contributed by atoms with Crippen LogP contribution in [0.5, 0.6) is 5.75 Å². The van der Waals surface area contributed by atoms with Crippen LogP contribution in [0.15, 0.2) is 24.3 Å². The molecule has 4 heteroatoms. The van der Waals surface area contributed by atoms with Crippen LogP contribution in [0, 0.1) is 5.92 Å². The molecule has 0 unspecified atom stereocenters. The molecule has 1 amide bonds. The van der Waals surface area contributed by atoms with Gasteiger partial charge in [0.15, 0.2) is 0 Å². The van der Waals surface area contributed by atoms with Gasteiger partial charge in [0.2, 0.25) is 5.91 Å². The molecule has 3 atom stereocenters. The minimum atomic E-state index is 0.131. The van der Waals surface area contributed by atoms with Crippen molar-refractivity contribution >= 4 is 5.91 Å². The van der Waals surface area contributed by atoms with E-state index in [2.05, 4.69) is 5.32 Å². The molecular formula is C16H21NO3. The minimum absolute atomic E-state index is 0.131. The number of hydrogen-bond acceptors (Lipinski definition) is 3. The van der Waals surface area contributed by atoms with E-state index in [9.17, 15) is 4.79 Å². The lowest BCUT2D eigenvalue weighted by Crippen LogP contribution is -2.53. The summed E-state index contributed by atoms with van der Waals surface area (Å²) in [5.74, 6) is 1.53. The Balaban J connectivity index is 1.47. The third-order valence-corrected chi connectivity index (χ3v) is 4.42. The van der Waals surface area contributed by atoms with Crippen LogP contribution in [0.3, 0.4) is 0 Å². The molecule has 3 rings (SSSR count). The van der Waals surface area contributed by atoms with Crippen LogP contribution in [0.25, 0.3) is 0 Å². The Bertz CT molecular complexity index is 488. The van der Waals surface area contributed by atoms with Gasteiger partial charge in [0.05, 0.1) is 13.2 Å². The van der Waals surface area contributed by atoms with E-state index in [1.165, 1.54) is 0 Å². The smallest absolute Gasteiger partial charge is 0.220 e. The molecule has 1 N–H and O–H groups in total. The third kappa shape index (κ3) is 2.66. The lowest BCUT2D eigenvalue weighted by Gasteiger charge is -2.39. The number of fused-ring (bicyclic) bond motifs is 1. The molecule has 20 heavy (non-hydrogen) atoms. The van der Waals surface area contributed by atoms with Crippen LogP contribution < -0.4 is 10.1 Å². The van der Waals surface area contributed by atoms with Crippen molar-refractivity contribution in [2.45, 2.75) is 37.8 Å². The van der Waals surface area contributed by atoms with Crippen LogP contribution in [-0.2, 0) is 16.0 Å². The molecule has 1 saturated heterocycles. The van der Waals surface area contributed by atoms with Gasteiger partial charge in [-0.15, -0.1) is 0 Å². The summed E-state index contributed by atoms with van der Waals surface area (Å²) in [6.07, 6.45) is 3.68. The average molecular weight is 275 g/mol. The van der Waals surface area contributed by atoms with Crippen molar-refractivity contribution in [2.75, 3.05) is 13.7 Å². The molecule has 0 aromatic heterocycles. The number of para-hydroxylation sites is 1. The Hall–Kier alpha value is -1.55. The van der Waals surface area contributed by atoms with Gasteiger partial charge in [-0.05, 0) is 30.9 Å². The van der Waals surface area contributed by atoms with Crippen molar-refractivity contribution in [1.29, 1.82) is 0 Å². The van der Waals surface area contributed by atoms with Crippen LogP contribution in [0.1, 0.15) is 24.8 Å². The minimum Gasteiger partial charge on any atom is -0.496 e. The molecule has 0 bridgehead atoms. The van der Waals surface area contributed by atoms with E-state index in [0.717, 1.165) is 30.8 Å². The molecular weight excluding hydrogens is 254 g/mol. The Morgan fingerprint density at radius 1 is 1.45 bits per heavy atom. The molecule has 1 saturated carbocycles. The molecule has 1 heterocycles. The molecule has 1 aromatic carbocycles. The summed E-state index contributed by atoms with van der Waals surface area (Å²) in [5, 5.41) is 3.14. The largest absolute Gasteiger partial charge is 0.496 e. The molecule has 4 nitrogen and oxygen atoms in total. The predicted octanol–water partition coefficient (Wildman–Crippen LogP) is 1.92. The second-order valence-electron chi connectivity index (χ2n) is 5.58. The van der Waals surface area contributed by atoms with E-state index >= 15 is 0 Å². The van der Waals surface area contributed by atoms with Crippen molar-refractivity contribution in [3.63, 3.8) is 0 Å². The summed E-state index contributed by atoms with van der Waals surface area (Å²) >= 11 is 0. The number of carbonyl (C=O) groups is 1. The van der Waals surface area contributed by atoms with Crippen molar-refractivity contribution in [2.24, 2.45) is 5.92 Å². The van der Waals surface area contributed by atoms with Gasteiger partial charge in [0.1, 0.15) is 5.75 Å². The van der Waals surface area contributed by atoms with Gasteiger partial charge in [-0.2, -0.15) is 0 Å². The standard InChI is InChI=1S/C16H21NO3/c1-19-14-5-3-2-4-11(14)6-7-16(18)17-13-10-15-12(13)8-9-20-15/h2-5,12-13,15H,6-10H2,1H3,(H,17,18)/t12-,13+,15+/m1/s1. The SMILES string of the molecule is COc1ccccc1CCC(=O)N[C@H]1C[C@@H]2OCC[C@H]12. The summed E-state index contributed by atoms with van der Waals surface area (Å²) in [5.41, 5.74) is 1.08. The van der Waals surface area contributed by atoms with E-state index in [1.807, 2.05) is 24.3 Å². The molecule has 0 radical (unpaired) electrons. The summed E-state index contributed by atoms with van der Waals surface area (Å²) in [7, 11) is 1.66. The van der Waals surface area contributed by atoms with Gasteiger partial charge < -0.3 is 14.8 Å². The second kappa shape index (κ2) is 5.83. The molecule has 0 spiro atoms. The van der Waals surface area contributed by atoms with Crippen LogP contribution in [-0.4, -0.2) is 31.8 Å². The zero-order valence-electron chi connectivity index (χ0n) is 11.8. The highest BCUT2D eigenvalue weighted by atomic mass is 16.5. The van der Waals surface area contributed by atoms with Gasteiger partial charge in [-0.1, -0.05) is 18.2 Å². The Labute approximate surface area is 119 Å². The van der Waals surface area contributed by atoms with Gasteiger partial charge in [-0.3, -0.25) is 4.79 Å². The van der Waals surface area contributed by atoms with Gasteiger partial charge >= 0.3 is 0 Å². The highest BCUT2D eigenvalue weighted by Crippen LogP contribution is 2.38. The van der Waals surface area contributed by atoms with E-state index in [1.54, 1.807) is 7.11 Å². The summed E-state index contributed by atoms with van der Waals surface area (Å²) in [6, 6.07) is 8.18. The molecule has 2 fully saturated rings. The quantitative estimate of drug-likeness (QED) is 0.893. The number of amides is 1. The van der Waals surface area contributed by atoms with Gasteiger partial charge in [-0.25, -0.2) is 0 Å². The van der Waals surface area contributed by atoms with Crippen molar-refractivity contribution in [1.82, 2.24) is 5.32 Å².